The van der Waals surface area contributed by atoms with Crippen LogP contribution in [0, 0.1) is 5.92 Å². The van der Waals surface area contributed by atoms with Crippen molar-refractivity contribution in [2.45, 2.75) is 57.6 Å². The Morgan fingerprint density at radius 2 is 2.00 bits per heavy atom. The van der Waals surface area contributed by atoms with E-state index in [2.05, 4.69) is 17.1 Å². The zero-order valence-electron chi connectivity index (χ0n) is 11.2. The number of nitrogens with zero attached hydrogens (tertiary/aromatic N) is 1. The van der Waals surface area contributed by atoms with Crippen molar-refractivity contribution < 1.29 is 5.11 Å². The lowest BCUT2D eigenvalue weighted by Crippen LogP contribution is -2.50. The molecular formula is C14H28N2O. The second kappa shape index (κ2) is 6.72. The normalized spacial score (nSPS) is 32.1. The van der Waals surface area contributed by atoms with Crippen molar-refractivity contribution in [2.75, 3.05) is 26.2 Å². The number of piperidine rings is 1. The molecule has 0 radical (unpaired) electrons. The van der Waals surface area contributed by atoms with Gasteiger partial charge in [-0.1, -0.05) is 19.8 Å². The molecule has 0 aromatic heterocycles. The number of rotatable bonds is 5. The van der Waals surface area contributed by atoms with Gasteiger partial charge >= 0.3 is 0 Å². The Morgan fingerprint density at radius 3 is 2.82 bits per heavy atom. The quantitative estimate of drug-likeness (QED) is 0.766. The Kier molecular flexibility index (Phi) is 5.26. The van der Waals surface area contributed by atoms with Crippen LogP contribution in [0.4, 0.5) is 0 Å². The van der Waals surface area contributed by atoms with E-state index in [9.17, 15) is 5.11 Å². The first kappa shape index (κ1) is 13.3. The second-order valence-electron chi connectivity index (χ2n) is 5.71. The lowest BCUT2D eigenvalue weighted by atomic mass is 9.78. The minimum absolute atomic E-state index is 0.198. The van der Waals surface area contributed by atoms with Gasteiger partial charge < -0.3 is 10.4 Å². The maximum absolute atomic E-state index is 10.0. The van der Waals surface area contributed by atoms with Gasteiger partial charge in [-0.2, -0.15) is 0 Å². The fraction of sp³-hybridized carbons (Fsp3) is 1.00. The van der Waals surface area contributed by atoms with E-state index in [0.717, 1.165) is 31.6 Å². The molecule has 1 saturated carbocycles. The van der Waals surface area contributed by atoms with Crippen LogP contribution in [0.25, 0.3) is 0 Å². The van der Waals surface area contributed by atoms with Crippen molar-refractivity contribution in [3.63, 3.8) is 0 Å². The molecule has 0 aromatic rings. The van der Waals surface area contributed by atoms with Gasteiger partial charge in [0.15, 0.2) is 0 Å². The molecule has 0 spiro atoms. The van der Waals surface area contributed by atoms with Crippen LogP contribution in [-0.2, 0) is 0 Å². The van der Waals surface area contributed by atoms with Crippen LogP contribution in [0.15, 0.2) is 0 Å². The highest BCUT2D eigenvalue weighted by molar-refractivity contribution is 4.88. The Labute approximate surface area is 106 Å². The monoisotopic (exact) mass is 240 g/mol. The molecule has 0 aromatic carbocycles. The van der Waals surface area contributed by atoms with Crippen molar-refractivity contribution in [3.05, 3.63) is 0 Å². The van der Waals surface area contributed by atoms with E-state index in [1.807, 2.05) is 0 Å². The molecule has 1 aliphatic heterocycles. The Morgan fingerprint density at radius 1 is 1.24 bits per heavy atom. The first-order chi connectivity index (χ1) is 8.31. The molecule has 0 bridgehead atoms. The molecular weight excluding hydrogens is 212 g/mol. The summed E-state index contributed by atoms with van der Waals surface area (Å²) in [6, 6.07) is 0.772. The predicted molar refractivity (Wildman–Crippen MR) is 71.1 cm³/mol. The zero-order valence-corrected chi connectivity index (χ0v) is 11.2. The molecule has 100 valence electrons. The summed E-state index contributed by atoms with van der Waals surface area (Å²) in [7, 11) is 0. The molecule has 17 heavy (non-hydrogen) atoms. The number of aliphatic hydroxyl groups excluding tert-OH is 1. The molecule has 3 heteroatoms. The van der Waals surface area contributed by atoms with Crippen LogP contribution in [0.3, 0.4) is 0 Å². The average molecular weight is 240 g/mol. The van der Waals surface area contributed by atoms with Gasteiger partial charge in [-0.25, -0.2) is 0 Å². The Balaban J connectivity index is 1.81. The molecule has 1 aliphatic carbocycles. The Bertz CT molecular complexity index is 220. The van der Waals surface area contributed by atoms with Gasteiger partial charge in [0.2, 0.25) is 0 Å². The van der Waals surface area contributed by atoms with Gasteiger partial charge in [-0.05, 0) is 44.7 Å². The molecule has 2 rings (SSSR count). The number of fused-ring (bicyclic) bond motifs is 1. The molecule has 3 atom stereocenters. The van der Waals surface area contributed by atoms with Crippen LogP contribution in [0.5, 0.6) is 0 Å². The van der Waals surface area contributed by atoms with Gasteiger partial charge in [0.1, 0.15) is 0 Å². The summed E-state index contributed by atoms with van der Waals surface area (Å²) in [6.07, 6.45) is 8.15. The van der Waals surface area contributed by atoms with Gasteiger partial charge in [-0.3, -0.25) is 4.90 Å². The summed E-state index contributed by atoms with van der Waals surface area (Å²) in [5.74, 6) is 0.920. The lowest BCUT2D eigenvalue weighted by molar-refractivity contribution is 0.0214. The predicted octanol–water partition coefficient (Wildman–Crippen LogP) is 1.61. The van der Waals surface area contributed by atoms with Crippen molar-refractivity contribution in [1.29, 1.82) is 0 Å². The van der Waals surface area contributed by atoms with E-state index in [4.69, 9.17) is 0 Å². The molecule has 2 fully saturated rings. The molecule has 1 unspecified atom stereocenters. The number of β-amino-alcohol motifs (C(OH)–C–C–N with tert-alkyl or cyclic N) is 1. The van der Waals surface area contributed by atoms with Crippen LogP contribution in [-0.4, -0.2) is 48.3 Å². The molecule has 1 saturated heterocycles. The second-order valence-corrected chi connectivity index (χ2v) is 5.71. The van der Waals surface area contributed by atoms with E-state index in [0.29, 0.717) is 0 Å². The summed E-state index contributed by atoms with van der Waals surface area (Å²) >= 11 is 0. The van der Waals surface area contributed by atoms with Crippen molar-refractivity contribution in [3.8, 4) is 0 Å². The zero-order chi connectivity index (χ0) is 12.1. The van der Waals surface area contributed by atoms with Gasteiger partial charge in [0.25, 0.3) is 0 Å². The number of likely N-dealkylation sites (tertiary alicyclic amines) is 1. The number of likely N-dealkylation sites (N-methyl/N-ethyl adjacent to an activating group) is 1. The molecule has 1 heterocycles. The van der Waals surface area contributed by atoms with Crippen LogP contribution in [0.2, 0.25) is 0 Å². The van der Waals surface area contributed by atoms with E-state index >= 15 is 0 Å². The minimum atomic E-state index is -0.198. The average Bonchev–Trinajstić information content (AvgIpc) is 2.37. The molecule has 2 aliphatic rings. The lowest BCUT2D eigenvalue weighted by Gasteiger charge is -2.44. The highest BCUT2D eigenvalue weighted by Gasteiger charge is 2.33. The van der Waals surface area contributed by atoms with Crippen molar-refractivity contribution in [2.24, 2.45) is 5.92 Å². The van der Waals surface area contributed by atoms with Crippen LogP contribution in [0.1, 0.15) is 45.4 Å². The smallest absolute Gasteiger partial charge is 0.0791 e. The third-order valence-electron chi connectivity index (χ3n) is 4.43. The molecule has 3 nitrogen and oxygen atoms in total. The number of aliphatic hydroxyl groups is 1. The van der Waals surface area contributed by atoms with Gasteiger partial charge in [-0.15, -0.1) is 0 Å². The topological polar surface area (TPSA) is 35.5 Å². The standard InChI is InChI=1S/C14H28N2O/c1-2-15-10-13(17)11-16-9-5-7-12-6-3-4-8-14(12)16/h12-15,17H,2-11H2,1H3/t12-,13?,14-/m1/s1. The number of hydrogen-bond donors (Lipinski definition) is 2. The largest absolute Gasteiger partial charge is 0.390 e. The highest BCUT2D eigenvalue weighted by atomic mass is 16.3. The summed E-state index contributed by atoms with van der Waals surface area (Å²) in [6.45, 7) is 5.84. The van der Waals surface area contributed by atoms with E-state index in [1.54, 1.807) is 0 Å². The fourth-order valence-electron chi connectivity index (χ4n) is 3.60. The molecule has 2 N–H and O–H groups in total. The SMILES string of the molecule is CCNCC(O)CN1CCC[C@H]2CCCC[C@H]21. The van der Waals surface area contributed by atoms with Crippen LogP contribution < -0.4 is 5.32 Å². The fourth-order valence-corrected chi connectivity index (χ4v) is 3.60. The van der Waals surface area contributed by atoms with Gasteiger partial charge in [0, 0.05) is 19.1 Å². The van der Waals surface area contributed by atoms with E-state index in [-0.39, 0.29) is 6.10 Å². The van der Waals surface area contributed by atoms with E-state index in [1.165, 1.54) is 45.1 Å². The number of hydrogen-bond acceptors (Lipinski definition) is 3. The number of nitrogens with one attached hydrogen (secondary N) is 1. The highest BCUT2D eigenvalue weighted by Crippen LogP contribution is 2.35. The van der Waals surface area contributed by atoms with Gasteiger partial charge in [0.05, 0.1) is 6.10 Å². The summed E-state index contributed by atoms with van der Waals surface area (Å²) in [5, 5.41) is 13.3. The molecule has 0 amide bonds. The van der Waals surface area contributed by atoms with Crippen molar-refractivity contribution >= 4 is 0 Å². The summed E-state index contributed by atoms with van der Waals surface area (Å²) in [4.78, 5) is 2.56. The maximum atomic E-state index is 10.0. The summed E-state index contributed by atoms with van der Waals surface area (Å²) < 4.78 is 0. The third kappa shape index (κ3) is 3.67. The van der Waals surface area contributed by atoms with E-state index < -0.39 is 0 Å². The maximum Gasteiger partial charge on any atom is 0.0791 e. The van der Waals surface area contributed by atoms with Crippen LogP contribution >= 0.6 is 0 Å². The summed E-state index contributed by atoms with van der Waals surface area (Å²) in [5.41, 5.74) is 0. The first-order valence-corrected chi connectivity index (χ1v) is 7.44. The first-order valence-electron chi connectivity index (χ1n) is 7.44. The minimum Gasteiger partial charge on any atom is -0.390 e. The Hall–Kier alpha value is -0.120. The van der Waals surface area contributed by atoms with Crippen molar-refractivity contribution in [1.82, 2.24) is 10.2 Å². The third-order valence-corrected chi connectivity index (χ3v) is 4.43.